The summed E-state index contributed by atoms with van der Waals surface area (Å²) < 4.78 is 10.8. The number of benzene rings is 1. The molecule has 0 unspecified atom stereocenters. The summed E-state index contributed by atoms with van der Waals surface area (Å²) in [4.78, 5) is 22.1. The van der Waals surface area contributed by atoms with E-state index in [0.29, 0.717) is 30.4 Å². The first-order chi connectivity index (χ1) is 9.15. The summed E-state index contributed by atoms with van der Waals surface area (Å²) in [5, 5.41) is 5.30. The molecular formula is C12H15N3O4. The number of nitrogens with one attached hydrogen (secondary N) is 2. The summed E-state index contributed by atoms with van der Waals surface area (Å²) in [7, 11) is 0. The van der Waals surface area contributed by atoms with Crippen LogP contribution in [0.3, 0.4) is 0 Å². The highest BCUT2D eigenvalue weighted by molar-refractivity contribution is 5.92. The minimum atomic E-state index is -0.507. The molecule has 0 atom stereocenters. The molecule has 1 aliphatic rings. The highest BCUT2D eigenvalue weighted by atomic mass is 16.6. The molecule has 0 spiro atoms. The number of nitrogens with two attached hydrogens (primary N) is 1. The van der Waals surface area contributed by atoms with Crippen LogP contribution in [0.25, 0.3) is 0 Å². The summed E-state index contributed by atoms with van der Waals surface area (Å²) in [5.41, 5.74) is 5.55. The van der Waals surface area contributed by atoms with Crippen molar-refractivity contribution in [3.63, 3.8) is 0 Å². The molecule has 7 heteroatoms. The summed E-state index contributed by atoms with van der Waals surface area (Å²) >= 11 is 0. The van der Waals surface area contributed by atoms with Crippen LogP contribution >= 0.6 is 0 Å². The molecule has 4 N–H and O–H groups in total. The molecule has 0 fully saturated rings. The van der Waals surface area contributed by atoms with Gasteiger partial charge in [-0.1, -0.05) is 0 Å². The van der Waals surface area contributed by atoms with Crippen LogP contribution in [0.4, 0.5) is 5.69 Å². The van der Waals surface area contributed by atoms with Crippen molar-refractivity contribution in [2.24, 2.45) is 5.73 Å². The Bertz CT molecular complexity index is 490. The Morgan fingerprint density at radius 2 is 1.89 bits per heavy atom. The van der Waals surface area contributed by atoms with Gasteiger partial charge in [0, 0.05) is 11.8 Å². The number of carbonyl (C=O) groups is 2. The molecule has 0 saturated heterocycles. The Kier molecular flexibility index (Phi) is 4.19. The van der Waals surface area contributed by atoms with Gasteiger partial charge < -0.3 is 20.5 Å². The number of amides is 2. The van der Waals surface area contributed by atoms with Crippen molar-refractivity contribution in [3.05, 3.63) is 18.2 Å². The molecule has 0 aromatic heterocycles. The van der Waals surface area contributed by atoms with E-state index in [1.54, 1.807) is 18.2 Å². The number of ether oxygens (including phenoxy) is 2. The molecule has 0 saturated carbocycles. The monoisotopic (exact) mass is 265 g/mol. The first-order valence-corrected chi connectivity index (χ1v) is 5.83. The molecule has 1 aromatic carbocycles. The second-order valence-corrected chi connectivity index (χ2v) is 3.98. The smallest absolute Gasteiger partial charge is 0.238 e. The highest BCUT2D eigenvalue weighted by Crippen LogP contribution is 2.32. The Labute approximate surface area is 110 Å². The van der Waals surface area contributed by atoms with E-state index < -0.39 is 5.91 Å². The second-order valence-electron chi connectivity index (χ2n) is 3.98. The highest BCUT2D eigenvalue weighted by Gasteiger charge is 2.12. The van der Waals surface area contributed by atoms with Crippen LogP contribution in [0.2, 0.25) is 0 Å². The molecule has 2 amide bonds. The number of hydrogen-bond acceptors (Lipinski definition) is 5. The maximum absolute atomic E-state index is 11.6. The number of primary amides is 1. The zero-order chi connectivity index (χ0) is 13.7. The third-order valence-electron chi connectivity index (χ3n) is 2.41. The Morgan fingerprint density at radius 3 is 2.63 bits per heavy atom. The standard InChI is InChI=1S/C12H15N3O4/c13-11(16)6-14-7-12(17)15-8-1-2-9-10(5-8)19-4-3-18-9/h1-2,5,14H,3-4,6-7H2,(H2,13,16)(H,15,17). The van der Waals surface area contributed by atoms with E-state index in [-0.39, 0.29) is 19.0 Å². The first-order valence-electron chi connectivity index (χ1n) is 5.83. The first kappa shape index (κ1) is 13.2. The van der Waals surface area contributed by atoms with E-state index in [9.17, 15) is 9.59 Å². The van der Waals surface area contributed by atoms with Gasteiger partial charge in [-0.2, -0.15) is 0 Å². The number of carbonyl (C=O) groups excluding carboxylic acids is 2. The van der Waals surface area contributed by atoms with Crippen molar-refractivity contribution < 1.29 is 19.1 Å². The fourth-order valence-corrected chi connectivity index (χ4v) is 1.63. The average Bonchev–Trinajstić information content (AvgIpc) is 2.38. The van der Waals surface area contributed by atoms with Crippen LogP contribution in [0, 0.1) is 0 Å². The molecule has 0 aliphatic carbocycles. The van der Waals surface area contributed by atoms with Gasteiger partial charge in [0.15, 0.2) is 11.5 Å². The van der Waals surface area contributed by atoms with Crippen LogP contribution in [-0.2, 0) is 9.59 Å². The third-order valence-corrected chi connectivity index (χ3v) is 2.41. The van der Waals surface area contributed by atoms with Crippen LogP contribution in [0.1, 0.15) is 0 Å². The quantitative estimate of drug-likeness (QED) is 0.664. The lowest BCUT2D eigenvalue weighted by Crippen LogP contribution is -2.34. The van der Waals surface area contributed by atoms with E-state index in [0.717, 1.165) is 0 Å². The average molecular weight is 265 g/mol. The molecule has 1 aromatic rings. The fourth-order valence-electron chi connectivity index (χ4n) is 1.63. The van der Waals surface area contributed by atoms with E-state index in [4.69, 9.17) is 15.2 Å². The van der Waals surface area contributed by atoms with Gasteiger partial charge in [0.25, 0.3) is 0 Å². The van der Waals surface area contributed by atoms with Crippen molar-refractivity contribution in [2.45, 2.75) is 0 Å². The van der Waals surface area contributed by atoms with E-state index >= 15 is 0 Å². The molecule has 7 nitrogen and oxygen atoms in total. The van der Waals surface area contributed by atoms with E-state index in [1.165, 1.54) is 0 Å². The normalized spacial score (nSPS) is 12.8. The zero-order valence-electron chi connectivity index (χ0n) is 10.3. The minimum absolute atomic E-state index is 0.0113. The minimum Gasteiger partial charge on any atom is -0.486 e. The molecule has 0 radical (unpaired) electrons. The van der Waals surface area contributed by atoms with Gasteiger partial charge in [-0.15, -0.1) is 0 Å². The predicted octanol–water partition coefficient (Wildman–Crippen LogP) is -0.529. The van der Waals surface area contributed by atoms with Gasteiger partial charge in [-0.05, 0) is 12.1 Å². The molecule has 2 rings (SSSR count). The summed E-state index contributed by atoms with van der Waals surface area (Å²) in [6, 6.07) is 5.15. The third kappa shape index (κ3) is 3.85. The van der Waals surface area contributed by atoms with Gasteiger partial charge in [0.2, 0.25) is 11.8 Å². The lowest BCUT2D eigenvalue weighted by atomic mass is 10.2. The van der Waals surface area contributed by atoms with Crippen LogP contribution in [-0.4, -0.2) is 38.1 Å². The maximum atomic E-state index is 11.6. The fraction of sp³-hybridized carbons (Fsp3) is 0.333. The Hall–Kier alpha value is -2.28. The van der Waals surface area contributed by atoms with Crippen molar-refractivity contribution in [1.82, 2.24) is 5.32 Å². The van der Waals surface area contributed by atoms with Gasteiger partial charge in [0.1, 0.15) is 13.2 Å². The molecule has 1 heterocycles. The zero-order valence-corrected chi connectivity index (χ0v) is 10.3. The Morgan fingerprint density at radius 1 is 1.16 bits per heavy atom. The summed E-state index contributed by atoms with van der Waals surface area (Å²) in [5.74, 6) is 0.496. The van der Waals surface area contributed by atoms with Crippen molar-refractivity contribution in [1.29, 1.82) is 0 Å². The van der Waals surface area contributed by atoms with Gasteiger partial charge in [0.05, 0.1) is 13.1 Å². The number of hydrogen-bond donors (Lipinski definition) is 3. The van der Waals surface area contributed by atoms with Crippen LogP contribution in [0.5, 0.6) is 11.5 Å². The number of rotatable bonds is 5. The van der Waals surface area contributed by atoms with Gasteiger partial charge in [-0.3, -0.25) is 14.9 Å². The lowest BCUT2D eigenvalue weighted by molar-refractivity contribution is -0.117. The maximum Gasteiger partial charge on any atom is 0.238 e. The molecule has 19 heavy (non-hydrogen) atoms. The molecule has 1 aliphatic heterocycles. The van der Waals surface area contributed by atoms with Crippen LogP contribution < -0.4 is 25.8 Å². The van der Waals surface area contributed by atoms with Gasteiger partial charge >= 0.3 is 0 Å². The van der Waals surface area contributed by atoms with Crippen molar-refractivity contribution >= 4 is 17.5 Å². The second kappa shape index (κ2) is 6.05. The predicted molar refractivity (Wildman–Crippen MR) is 68.1 cm³/mol. The summed E-state index contributed by atoms with van der Waals surface area (Å²) in [6.07, 6.45) is 0. The largest absolute Gasteiger partial charge is 0.486 e. The van der Waals surface area contributed by atoms with E-state index in [2.05, 4.69) is 10.6 Å². The number of anilines is 1. The molecule has 102 valence electrons. The van der Waals surface area contributed by atoms with Crippen molar-refractivity contribution in [2.75, 3.05) is 31.6 Å². The van der Waals surface area contributed by atoms with Crippen molar-refractivity contribution in [3.8, 4) is 11.5 Å². The van der Waals surface area contributed by atoms with Crippen LogP contribution in [0.15, 0.2) is 18.2 Å². The summed E-state index contributed by atoms with van der Waals surface area (Å²) in [6.45, 7) is 0.992. The topological polar surface area (TPSA) is 103 Å². The Balaban J connectivity index is 1.88. The molecule has 0 bridgehead atoms. The SMILES string of the molecule is NC(=O)CNCC(=O)Nc1ccc2c(c1)OCCO2. The lowest BCUT2D eigenvalue weighted by Gasteiger charge is -2.19. The van der Waals surface area contributed by atoms with Gasteiger partial charge in [-0.25, -0.2) is 0 Å². The van der Waals surface area contributed by atoms with E-state index in [1.807, 2.05) is 0 Å². The number of fused-ring (bicyclic) bond motifs is 1. The molecular weight excluding hydrogens is 250 g/mol.